The number of carbonyl (C=O) groups is 1. The molecule has 4 rings (SSSR count). The molecule has 31 heavy (non-hydrogen) atoms. The number of nitrogens with one attached hydrogen (secondary N) is 2. The van der Waals surface area contributed by atoms with Crippen molar-refractivity contribution in [2.45, 2.75) is 18.9 Å². The maximum atomic E-state index is 12.2. The highest BCUT2D eigenvalue weighted by atomic mass is 35.5. The number of halogens is 1. The van der Waals surface area contributed by atoms with Crippen LogP contribution in [-0.2, 0) is 4.57 Å². The number of rotatable bonds is 8. The van der Waals surface area contributed by atoms with E-state index in [2.05, 4.69) is 15.2 Å². The molecule has 2 aromatic carbocycles. The van der Waals surface area contributed by atoms with Crippen molar-refractivity contribution in [1.82, 2.24) is 10.1 Å². The average molecular weight is 463 g/mol. The van der Waals surface area contributed by atoms with Crippen LogP contribution < -0.4 is 25.4 Å². The van der Waals surface area contributed by atoms with E-state index in [1.54, 1.807) is 36.5 Å². The van der Waals surface area contributed by atoms with Crippen LogP contribution in [0, 0.1) is 0 Å². The predicted octanol–water partition coefficient (Wildman–Crippen LogP) is 4.05. The van der Waals surface area contributed by atoms with Gasteiger partial charge in [0.15, 0.2) is 0 Å². The first kappa shape index (κ1) is 21.4. The van der Waals surface area contributed by atoms with Gasteiger partial charge in [-0.05, 0) is 37.1 Å². The lowest BCUT2D eigenvalue weighted by atomic mass is 10.1. The molecule has 0 radical (unpaired) electrons. The van der Waals surface area contributed by atoms with E-state index in [4.69, 9.17) is 26.8 Å². The highest BCUT2D eigenvalue weighted by Crippen LogP contribution is 2.43. The third-order valence-corrected chi connectivity index (χ3v) is 6.24. The molecule has 0 bridgehead atoms. The third-order valence-electron chi connectivity index (χ3n) is 4.66. The Kier molecular flexibility index (Phi) is 5.77. The number of carbonyl (C=O) groups excluding carboxylic acids is 1. The highest BCUT2D eigenvalue weighted by molar-refractivity contribution is 7.57. The number of nitrogens with zero attached hydrogens (tertiary/aromatic N) is 1. The van der Waals surface area contributed by atoms with Crippen LogP contribution in [0.2, 0.25) is 5.02 Å². The Morgan fingerprint density at radius 1 is 1.26 bits per heavy atom. The Labute approximate surface area is 183 Å². The zero-order valence-corrected chi connectivity index (χ0v) is 18.1. The number of nitrogens with two attached hydrogens (primary N) is 1. The lowest BCUT2D eigenvalue weighted by molar-refractivity contribution is 0.0997. The molecule has 1 fully saturated rings. The Morgan fingerprint density at radius 2 is 2.03 bits per heavy atom. The predicted molar refractivity (Wildman–Crippen MR) is 118 cm³/mol. The van der Waals surface area contributed by atoms with Crippen LogP contribution in [-0.4, -0.2) is 28.9 Å². The SMILES string of the molecule is COc1cc2nccc(Oc3ccc(NP(=O)(O)NC4CC4)c(Cl)c3)c2cc1C(N)=O. The second kappa shape index (κ2) is 8.36. The number of fused-ring (bicyclic) bond motifs is 1. The summed E-state index contributed by atoms with van der Waals surface area (Å²) in [6, 6.07) is 9.53. The highest BCUT2D eigenvalue weighted by Gasteiger charge is 2.30. The number of benzene rings is 2. The van der Waals surface area contributed by atoms with Gasteiger partial charge in [0.25, 0.3) is 5.91 Å². The van der Waals surface area contributed by atoms with Crippen LogP contribution in [0.1, 0.15) is 23.2 Å². The summed E-state index contributed by atoms with van der Waals surface area (Å²) in [5, 5.41) is 5.98. The van der Waals surface area contributed by atoms with Gasteiger partial charge in [0.1, 0.15) is 17.2 Å². The molecular weight excluding hydrogens is 443 g/mol. The second-order valence-corrected chi connectivity index (χ2v) is 9.12. The van der Waals surface area contributed by atoms with E-state index in [-0.39, 0.29) is 16.6 Å². The zero-order chi connectivity index (χ0) is 22.2. The monoisotopic (exact) mass is 462 g/mol. The molecule has 0 aliphatic heterocycles. The van der Waals surface area contributed by atoms with Gasteiger partial charge in [0.2, 0.25) is 0 Å². The Hall–Kier alpha value is -2.84. The minimum atomic E-state index is -3.76. The van der Waals surface area contributed by atoms with Gasteiger partial charge < -0.3 is 25.2 Å². The number of aromatic nitrogens is 1. The van der Waals surface area contributed by atoms with Crippen LogP contribution in [0.25, 0.3) is 10.9 Å². The normalized spacial score (nSPS) is 15.3. The Balaban J connectivity index is 1.61. The van der Waals surface area contributed by atoms with Gasteiger partial charge in [-0.25, -0.2) is 9.65 Å². The molecule has 0 saturated heterocycles. The molecule has 11 heteroatoms. The minimum Gasteiger partial charge on any atom is -0.496 e. The smallest absolute Gasteiger partial charge is 0.363 e. The van der Waals surface area contributed by atoms with Crippen molar-refractivity contribution in [2.24, 2.45) is 5.73 Å². The van der Waals surface area contributed by atoms with Crippen LogP contribution in [0.3, 0.4) is 0 Å². The van der Waals surface area contributed by atoms with Crippen molar-refractivity contribution < 1.29 is 23.7 Å². The molecule has 9 nitrogen and oxygen atoms in total. The summed E-state index contributed by atoms with van der Waals surface area (Å²) in [6.45, 7) is 0. The molecule has 3 aromatic rings. The first-order chi connectivity index (χ1) is 14.8. The molecule has 0 spiro atoms. The zero-order valence-electron chi connectivity index (χ0n) is 16.5. The van der Waals surface area contributed by atoms with Gasteiger partial charge >= 0.3 is 7.67 Å². The molecule has 1 atom stereocenters. The summed E-state index contributed by atoms with van der Waals surface area (Å²) in [7, 11) is -2.32. The van der Waals surface area contributed by atoms with Crippen LogP contribution in [0.4, 0.5) is 5.69 Å². The van der Waals surface area contributed by atoms with Crippen molar-refractivity contribution in [3.8, 4) is 17.2 Å². The lowest BCUT2D eigenvalue weighted by Gasteiger charge is -2.17. The average Bonchev–Trinajstić information content (AvgIpc) is 3.52. The molecule has 1 unspecified atom stereocenters. The summed E-state index contributed by atoms with van der Waals surface area (Å²) in [6.07, 6.45) is 3.30. The van der Waals surface area contributed by atoms with Crippen molar-refractivity contribution in [3.63, 3.8) is 0 Å². The van der Waals surface area contributed by atoms with E-state index in [0.717, 1.165) is 12.8 Å². The number of methoxy groups -OCH3 is 1. The van der Waals surface area contributed by atoms with Gasteiger partial charge in [0, 0.05) is 29.8 Å². The van der Waals surface area contributed by atoms with Gasteiger partial charge in [0.05, 0.1) is 28.9 Å². The van der Waals surface area contributed by atoms with E-state index in [1.807, 2.05) is 0 Å². The quantitative estimate of drug-likeness (QED) is 0.368. The van der Waals surface area contributed by atoms with Crippen molar-refractivity contribution in [3.05, 3.63) is 53.2 Å². The first-order valence-corrected chi connectivity index (χ1v) is 11.4. The Bertz CT molecular complexity index is 1220. The second-order valence-electron chi connectivity index (χ2n) is 7.08. The topological polar surface area (TPSA) is 136 Å². The first-order valence-electron chi connectivity index (χ1n) is 9.38. The molecule has 1 aliphatic rings. The van der Waals surface area contributed by atoms with E-state index >= 15 is 0 Å². The van der Waals surface area contributed by atoms with Crippen molar-refractivity contribution >= 4 is 41.8 Å². The fourth-order valence-electron chi connectivity index (χ4n) is 3.03. The van der Waals surface area contributed by atoms with E-state index < -0.39 is 13.6 Å². The van der Waals surface area contributed by atoms with Gasteiger partial charge in [-0.1, -0.05) is 11.6 Å². The molecule has 1 amide bonds. The summed E-state index contributed by atoms with van der Waals surface area (Å²) in [5.41, 5.74) is 6.50. The van der Waals surface area contributed by atoms with Crippen LogP contribution in [0.5, 0.6) is 17.2 Å². The van der Waals surface area contributed by atoms with E-state index in [0.29, 0.717) is 33.8 Å². The van der Waals surface area contributed by atoms with Crippen molar-refractivity contribution in [2.75, 3.05) is 12.2 Å². The molecule has 1 saturated carbocycles. The van der Waals surface area contributed by atoms with E-state index in [9.17, 15) is 14.3 Å². The molecule has 1 aromatic heterocycles. The molecule has 162 valence electrons. The van der Waals surface area contributed by atoms with E-state index in [1.165, 1.54) is 13.2 Å². The Morgan fingerprint density at radius 3 is 2.68 bits per heavy atom. The maximum Gasteiger partial charge on any atom is 0.363 e. The van der Waals surface area contributed by atoms with Gasteiger partial charge in [-0.2, -0.15) is 0 Å². The number of ether oxygens (including phenoxy) is 2. The fraction of sp³-hybridized carbons (Fsp3) is 0.200. The number of amides is 1. The minimum absolute atomic E-state index is 0.0496. The van der Waals surface area contributed by atoms with Crippen LogP contribution >= 0.6 is 19.3 Å². The maximum absolute atomic E-state index is 12.2. The summed E-state index contributed by atoms with van der Waals surface area (Å²) in [5.74, 6) is 0.495. The standard InChI is InChI=1S/C20H20ClN4O5P/c1-29-19-10-17-13(9-14(19)20(22)26)18(6-7-23-17)30-12-4-5-16(15(21)8-12)25-31(27,28)24-11-2-3-11/h4-11H,2-3H2,1H3,(H2,22,26)(H3,24,25,27,28). The molecular formula is C20H20ClN4O5P. The number of hydrogen-bond acceptors (Lipinski definition) is 5. The summed E-state index contributed by atoms with van der Waals surface area (Å²) < 4.78 is 23.4. The molecule has 1 aliphatic carbocycles. The molecule has 1 heterocycles. The van der Waals surface area contributed by atoms with Crippen molar-refractivity contribution in [1.29, 1.82) is 0 Å². The van der Waals surface area contributed by atoms with Crippen LogP contribution in [0.15, 0.2) is 42.6 Å². The van der Waals surface area contributed by atoms with Gasteiger partial charge in [-0.3, -0.25) is 9.78 Å². The molecule has 5 N–H and O–H groups in total. The summed E-state index contributed by atoms with van der Waals surface area (Å²) >= 11 is 6.29. The number of pyridine rings is 1. The fourth-order valence-corrected chi connectivity index (χ4v) is 4.65. The third kappa shape index (κ3) is 4.91. The summed E-state index contributed by atoms with van der Waals surface area (Å²) in [4.78, 5) is 26.1. The number of hydrogen-bond donors (Lipinski definition) is 4. The lowest BCUT2D eigenvalue weighted by Crippen LogP contribution is -2.17. The number of primary amides is 1. The van der Waals surface area contributed by atoms with Gasteiger partial charge in [-0.15, -0.1) is 0 Å². The number of anilines is 1. The largest absolute Gasteiger partial charge is 0.496 e.